The monoisotopic (exact) mass is 784 g/mol. The molecule has 8 heterocycles. The zero-order valence-electron chi connectivity index (χ0n) is 32.9. The minimum absolute atomic E-state index is 0.466. The normalized spacial score (nSPS) is 12.3. The molecule has 60 heavy (non-hydrogen) atoms. The predicted octanol–water partition coefficient (Wildman–Crippen LogP) is 9.00. The van der Waals surface area contributed by atoms with E-state index >= 15 is 0 Å². The molecular formula is C46H36N14. The predicted molar refractivity (Wildman–Crippen MR) is 235 cm³/mol. The van der Waals surface area contributed by atoms with E-state index in [4.69, 9.17) is 19.9 Å². The molecule has 2 N–H and O–H groups in total. The van der Waals surface area contributed by atoms with Gasteiger partial charge < -0.3 is 15.2 Å². The lowest BCUT2D eigenvalue weighted by atomic mass is 10.1. The average molecular weight is 785 g/mol. The highest BCUT2D eigenvalue weighted by Crippen LogP contribution is 2.37. The van der Waals surface area contributed by atoms with Crippen LogP contribution in [-0.4, -0.2) is 58.0 Å². The van der Waals surface area contributed by atoms with E-state index in [0.717, 1.165) is 83.9 Å². The Balaban J connectivity index is 1.05. The summed E-state index contributed by atoms with van der Waals surface area (Å²) in [5, 5.41) is 9.18. The van der Waals surface area contributed by atoms with Gasteiger partial charge in [-0.15, -0.1) is 0 Å². The quantitative estimate of drug-likeness (QED) is 0.129. The van der Waals surface area contributed by atoms with Crippen molar-refractivity contribution in [2.45, 2.75) is 27.2 Å². The summed E-state index contributed by atoms with van der Waals surface area (Å²) in [6.07, 6.45) is 17.8. The Bertz CT molecular complexity index is 3440. The van der Waals surface area contributed by atoms with E-state index in [0.29, 0.717) is 29.6 Å². The van der Waals surface area contributed by atoms with Crippen LogP contribution in [0.5, 0.6) is 0 Å². The number of nitrogens with zero attached hydrogens (tertiary/aromatic N) is 12. The SMILES string of the molecule is C/C=C\C=C(/Cc1ccc(C)nc1)Nc1cccc2ncn(-c3nc4ncnc5nc(-n6cnc7cccc(Nc8cccn8-c8ccc(C)nc8)c76)c6ccc3c6n45)c12. The van der Waals surface area contributed by atoms with E-state index in [1.165, 1.54) is 6.33 Å². The summed E-state index contributed by atoms with van der Waals surface area (Å²) in [7, 11) is 0. The molecular weight excluding hydrogens is 749 g/mol. The van der Waals surface area contributed by atoms with Crippen LogP contribution in [0, 0.1) is 13.8 Å². The summed E-state index contributed by atoms with van der Waals surface area (Å²) in [6, 6.07) is 28.6. The number of nitrogens with one attached hydrogen (secondary N) is 2. The van der Waals surface area contributed by atoms with Gasteiger partial charge in [-0.25, -0.2) is 24.3 Å². The van der Waals surface area contributed by atoms with Crippen LogP contribution in [0.4, 0.5) is 17.2 Å². The lowest BCUT2D eigenvalue weighted by Gasteiger charge is -2.16. The maximum Gasteiger partial charge on any atom is 0.240 e. The van der Waals surface area contributed by atoms with Crippen molar-refractivity contribution in [3.8, 4) is 17.3 Å². The first-order chi connectivity index (χ1) is 29.5. The van der Waals surface area contributed by atoms with Crippen molar-refractivity contribution in [3.05, 3.63) is 163 Å². The molecule has 0 amide bonds. The van der Waals surface area contributed by atoms with Gasteiger partial charge in [-0.2, -0.15) is 9.97 Å². The largest absolute Gasteiger partial charge is 0.357 e. The van der Waals surface area contributed by atoms with E-state index in [2.05, 4.69) is 77.6 Å². The molecule has 11 rings (SSSR count). The summed E-state index contributed by atoms with van der Waals surface area (Å²) in [5.74, 6) is 3.18. The highest BCUT2D eigenvalue weighted by Gasteiger charge is 2.24. The van der Waals surface area contributed by atoms with Crippen LogP contribution >= 0.6 is 0 Å². The Morgan fingerprint density at radius 1 is 0.633 bits per heavy atom. The van der Waals surface area contributed by atoms with Crippen LogP contribution in [0.15, 0.2) is 146 Å². The number of hydrogen-bond acceptors (Lipinski definition) is 10. The van der Waals surface area contributed by atoms with E-state index in [1.54, 1.807) is 0 Å². The number of fused-ring (bicyclic) bond motifs is 2. The van der Waals surface area contributed by atoms with Crippen molar-refractivity contribution < 1.29 is 0 Å². The Labute approximate surface area is 342 Å². The van der Waals surface area contributed by atoms with Crippen LogP contribution in [0.25, 0.3) is 67.2 Å². The van der Waals surface area contributed by atoms with Crippen molar-refractivity contribution in [1.82, 2.24) is 58.0 Å². The number of allylic oxidation sites excluding steroid dienone is 4. The number of rotatable bonds is 10. The summed E-state index contributed by atoms with van der Waals surface area (Å²) < 4.78 is 8.06. The van der Waals surface area contributed by atoms with Gasteiger partial charge in [-0.3, -0.25) is 19.1 Å². The molecule has 14 heteroatoms. The first kappa shape index (κ1) is 34.9. The van der Waals surface area contributed by atoms with Gasteiger partial charge in [0.15, 0.2) is 11.6 Å². The minimum Gasteiger partial charge on any atom is -0.357 e. The zero-order valence-corrected chi connectivity index (χ0v) is 32.9. The van der Waals surface area contributed by atoms with Crippen LogP contribution in [0.3, 0.4) is 0 Å². The smallest absolute Gasteiger partial charge is 0.240 e. The zero-order chi connectivity index (χ0) is 40.3. The second-order valence-corrected chi connectivity index (χ2v) is 14.6. The number of pyridine rings is 2. The molecule has 8 aromatic heterocycles. The molecule has 0 fully saturated rings. The molecule has 11 aromatic rings. The number of aromatic nitrogens is 12. The van der Waals surface area contributed by atoms with Gasteiger partial charge in [-0.1, -0.05) is 30.4 Å². The molecule has 3 aromatic carbocycles. The van der Waals surface area contributed by atoms with Crippen LogP contribution in [0.2, 0.25) is 0 Å². The molecule has 0 saturated carbocycles. The molecule has 0 aliphatic heterocycles. The number of anilines is 3. The molecule has 0 aliphatic rings. The maximum atomic E-state index is 5.15. The third-order valence-corrected chi connectivity index (χ3v) is 10.7. The van der Waals surface area contributed by atoms with Crippen molar-refractivity contribution in [2.75, 3.05) is 10.6 Å². The molecule has 0 radical (unpaired) electrons. The number of aryl methyl sites for hydroxylation is 2. The van der Waals surface area contributed by atoms with Crippen molar-refractivity contribution >= 4 is 67.1 Å². The molecule has 0 aliphatic carbocycles. The van der Waals surface area contributed by atoms with Crippen LogP contribution in [0.1, 0.15) is 23.9 Å². The number of para-hydroxylation sites is 2. The Kier molecular flexibility index (Phi) is 8.15. The van der Waals surface area contributed by atoms with E-state index in [9.17, 15) is 0 Å². The molecule has 290 valence electrons. The van der Waals surface area contributed by atoms with Crippen LogP contribution in [-0.2, 0) is 6.42 Å². The Hall–Kier alpha value is -8.26. The fourth-order valence-corrected chi connectivity index (χ4v) is 7.90. The Morgan fingerprint density at radius 3 is 1.95 bits per heavy atom. The molecule has 14 nitrogen and oxygen atoms in total. The topological polar surface area (TPSA) is 146 Å². The number of hydrogen-bond donors (Lipinski definition) is 2. The maximum absolute atomic E-state index is 5.15. The van der Waals surface area contributed by atoms with Crippen molar-refractivity contribution in [1.29, 1.82) is 0 Å². The second kappa shape index (κ2) is 14.0. The van der Waals surface area contributed by atoms with Gasteiger partial charge in [0.25, 0.3) is 0 Å². The summed E-state index contributed by atoms with van der Waals surface area (Å²) in [6.45, 7) is 5.99. The Morgan fingerprint density at radius 2 is 1.30 bits per heavy atom. The first-order valence-corrected chi connectivity index (χ1v) is 19.6. The first-order valence-electron chi connectivity index (χ1n) is 19.6. The lowest BCUT2D eigenvalue weighted by Crippen LogP contribution is -2.10. The number of benzene rings is 2. The fourth-order valence-electron chi connectivity index (χ4n) is 7.90. The third-order valence-electron chi connectivity index (χ3n) is 10.7. The lowest BCUT2D eigenvalue weighted by molar-refractivity contribution is 0.958. The van der Waals surface area contributed by atoms with Crippen molar-refractivity contribution in [3.63, 3.8) is 0 Å². The average Bonchev–Trinajstić information content (AvgIpc) is 4.10. The molecule has 0 unspecified atom stereocenters. The van der Waals surface area contributed by atoms with Crippen LogP contribution < -0.4 is 10.6 Å². The van der Waals surface area contributed by atoms with Gasteiger partial charge in [-0.05, 0) is 99.1 Å². The van der Waals surface area contributed by atoms with E-state index in [1.807, 2.05) is 126 Å². The minimum atomic E-state index is 0.466. The molecule has 0 saturated heterocycles. The molecule has 0 spiro atoms. The van der Waals surface area contributed by atoms with E-state index in [-0.39, 0.29) is 0 Å². The summed E-state index contributed by atoms with van der Waals surface area (Å²) >= 11 is 0. The highest BCUT2D eigenvalue weighted by atomic mass is 15.3. The standard InChI is InChI=1S/C46H36N14/c1-4-5-9-31(22-30-17-15-28(2)47-23-30)53-37-12-6-10-35-41(37)58(26-51-35)43-33-19-20-34-40(33)60-45(55-43)49-25-50-46(60)56-44(34)59-27-52-36-11-7-13-38(42(36)59)54-39-14-8-21-57(39)32-18-16-29(3)48-24-32/h4-21,23-27,53-54H,22H2,1-3H3/b5-4-,31-9+. The third kappa shape index (κ3) is 5.80. The van der Waals surface area contributed by atoms with Gasteiger partial charge >= 0.3 is 0 Å². The number of imidazole rings is 2. The van der Waals surface area contributed by atoms with Gasteiger partial charge in [0.1, 0.15) is 24.8 Å². The highest BCUT2D eigenvalue weighted by molar-refractivity contribution is 6.08. The summed E-state index contributed by atoms with van der Waals surface area (Å²) in [5.41, 5.74) is 11.0. The molecule has 0 bridgehead atoms. The fraction of sp³-hybridized carbons (Fsp3) is 0.0870. The van der Waals surface area contributed by atoms with Gasteiger partial charge in [0.2, 0.25) is 11.6 Å². The van der Waals surface area contributed by atoms with E-state index < -0.39 is 0 Å². The summed E-state index contributed by atoms with van der Waals surface area (Å²) in [4.78, 5) is 38.3. The van der Waals surface area contributed by atoms with Gasteiger partial charge in [0, 0.05) is 46.7 Å². The second-order valence-electron chi connectivity index (χ2n) is 14.6. The molecule has 0 atom stereocenters. The van der Waals surface area contributed by atoms with Crippen molar-refractivity contribution in [2.24, 2.45) is 0 Å². The van der Waals surface area contributed by atoms with Gasteiger partial charge in [0.05, 0.1) is 50.8 Å².